The maximum Gasteiger partial charge on any atom is 0.349 e. The first kappa shape index (κ1) is 15.8. The number of rotatable bonds is 2. The van der Waals surface area contributed by atoms with Gasteiger partial charge in [-0.1, -0.05) is 41.1 Å². The molecule has 0 radical (unpaired) electrons. The molecule has 1 N–H and O–H groups in total. The molecule has 2 heterocycles. The number of amides is 1. The standard InChI is InChI=1S/C18H11ClN2O3S/c1-9-6-15-13(8-12(9)19)20-18(25-15)21-16(22)11-7-10-4-2-3-5-14(10)24-17(11)23/h2-8H,1H3,(H,20,21,22). The molecule has 0 aliphatic carbocycles. The summed E-state index contributed by atoms with van der Waals surface area (Å²) >= 11 is 7.42. The second-order valence-corrected chi connectivity index (χ2v) is 6.97. The number of anilines is 1. The van der Waals surface area contributed by atoms with Gasteiger partial charge in [0.2, 0.25) is 0 Å². The topological polar surface area (TPSA) is 72.2 Å². The first-order valence-electron chi connectivity index (χ1n) is 7.42. The lowest BCUT2D eigenvalue weighted by molar-refractivity contribution is 0.102. The van der Waals surface area contributed by atoms with Crippen LogP contribution in [0.1, 0.15) is 15.9 Å². The summed E-state index contributed by atoms with van der Waals surface area (Å²) in [5.74, 6) is -0.554. The van der Waals surface area contributed by atoms with Crippen molar-refractivity contribution in [1.82, 2.24) is 4.98 Å². The van der Waals surface area contributed by atoms with E-state index in [-0.39, 0.29) is 5.56 Å². The average Bonchev–Trinajstić information content (AvgIpc) is 2.95. The van der Waals surface area contributed by atoms with Crippen LogP contribution in [0.25, 0.3) is 21.2 Å². The Morgan fingerprint density at radius 2 is 2.04 bits per heavy atom. The number of aryl methyl sites for hydroxylation is 1. The maximum absolute atomic E-state index is 12.5. The zero-order valence-corrected chi connectivity index (χ0v) is 14.6. The second-order valence-electron chi connectivity index (χ2n) is 5.53. The SMILES string of the molecule is Cc1cc2sc(NC(=O)c3cc4ccccc4oc3=O)nc2cc1Cl. The van der Waals surface area contributed by atoms with Crippen LogP contribution in [-0.2, 0) is 0 Å². The van der Waals surface area contributed by atoms with E-state index in [1.165, 1.54) is 17.4 Å². The monoisotopic (exact) mass is 370 g/mol. The zero-order chi connectivity index (χ0) is 17.6. The molecule has 25 heavy (non-hydrogen) atoms. The van der Waals surface area contributed by atoms with Gasteiger partial charge in [0.1, 0.15) is 11.1 Å². The number of benzene rings is 2. The number of para-hydroxylation sites is 1. The lowest BCUT2D eigenvalue weighted by Gasteiger charge is -2.02. The van der Waals surface area contributed by atoms with E-state index in [9.17, 15) is 9.59 Å². The molecule has 0 fully saturated rings. The molecule has 0 aliphatic heterocycles. The van der Waals surface area contributed by atoms with Crippen LogP contribution in [0.4, 0.5) is 5.13 Å². The highest BCUT2D eigenvalue weighted by atomic mass is 35.5. The predicted octanol–water partition coefficient (Wildman–Crippen LogP) is 4.62. The van der Waals surface area contributed by atoms with Crippen molar-refractivity contribution in [3.05, 3.63) is 69.0 Å². The smallest absolute Gasteiger partial charge is 0.349 e. The number of halogens is 1. The Morgan fingerprint density at radius 1 is 1.24 bits per heavy atom. The molecule has 1 amide bonds. The molecule has 0 spiro atoms. The van der Waals surface area contributed by atoms with Crippen LogP contribution in [0.5, 0.6) is 0 Å². The van der Waals surface area contributed by atoms with Crippen molar-refractivity contribution in [2.45, 2.75) is 6.92 Å². The van der Waals surface area contributed by atoms with Gasteiger partial charge in [-0.05, 0) is 36.8 Å². The highest BCUT2D eigenvalue weighted by Gasteiger charge is 2.16. The largest absolute Gasteiger partial charge is 0.422 e. The minimum atomic E-state index is -0.684. The number of nitrogens with zero attached hydrogens (tertiary/aromatic N) is 1. The number of fused-ring (bicyclic) bond motifs is 2. The van der Waals surface area contributed by atoms with E-state index in [2.05, 4.69) is 10.3 Å². The molecule has 4 aromatic rings. The fourth-order valence-electron chi connectivity index (χ4n) is 2.49. The zero-order valence-electron chi connectivity index (χ0n) is 13.0. The third-order valence-corrected chi connectivity index (χ3v) is 5.12. The minimum absolute atomic E-state index is 0.0628. The van der Waals surface area contributed by atoms with Crippen LogP contribution in [0.15, 0.2) is 51.7 Å². The van der Waals surface area contributed by atoms with Crippen LogP contribution in [0.2, 0.25) is 5.02 Å². The molecule has 124 valence electrons. The third kappa shape index (κ3) is 2.90. The van der Waals surface area contributed by atoms with Crippen molar-refractivity contribution < 1.29 is 9.21 Å². The fraction of sp³-hybridized carbons (Fsp3) is 0.0556. The summed E-state index contributed by atoms with van der Waals surface area (Å²) in [5, 5.41) is 4.35. The molecule has 2 aromatic carbocycles. The number of hydrogen-bond donors (Lipinski definition) is 1. The Labute approximate surface area is 150 Å². The van der Waals surface area contributed by atoms with Crippen LogP contribution in [0.3, 0.4) is 0 Å². The van der Waals surface area contributed by atoms with E-state index in [0.29, 0.717) is 26.6 Å². The van der Waals surface area contributed by atoms with E-state index in [4.69, 9.17) is 16.0 Å². The fourth-order valence-corrected chi connectivity index (χ4v) is 3.59. The molecule has 2 aromatic heterocycles. The Balaban J connectivity index is 1.70. The van der Waals surface area contributed by atoms with Gasteiger partial charge < -0.3 is 4.42 Å². The molecule has 0 saturated heterocycles. The van der Waals surface area contributed by atoms with Crippen molar-refractivity contribution in [2.24, 2.45) is 0 Å². The van der Waals surface area contributed by atoms with Gasteiger partial charge in [-0.2, -0.15) is 0 Å². The maximum atomic E-state index is 12.5. The lowest BCUT2D eigenvalue weighted by atomic mass is 10.2. The van der Waals surface area contributed by atoms with E-state index in [1.54, 1.807) is 24.3 Å². The van der Waals surface area contributed by atoms with Gasteiger partial charge in [-0.25, -0.2) is 9.78 Å². The molecule has 0 saturated carbocycles. The Hall–Kier alpha value is -2.70. The first-order chi connectivity index (χ1) is 12.0. The van der Waals surface area contributed by atoms with Gasteiger partial charge in [0.15, 0.2) is 5.13 Å². The van der Waals surface area contributed by atoms with Gasteiger partial charge in [0, 0.05) is 10.4 Å². The summed E-state index contributed by atoms with van der Waals surface area (Å²) in [4.78, 5) is 28.9. The quantitative estimate of drug-likeness (QED) is 0.523. The molecule has 0 atom stereocenters. The number of carbonyl (C=O) groups is 1. The van der Waals surface area contributed by atoms with Gasteiger partial charge in [0.25, 0.3) is 5.91 Å². The Kier molecular flexibility index (Phi) is 3.78. The summed E-state index contributed by atoms with van der Waals surface area (Å²) in [6, 6.07) is 12.2. The average molecular weight is 371 g/mol. The second kappa shape index (κ2) is 5.98. The molecule has 0 aliphatic rings. The van der Waals surface area contributed by atoms with E-state index in [1.807, 2.05) is 19.1 Å². The minimum Gasteiger partial charge on any atom is -0.422 e. The lowest BCUT2D eigenvalue weighted by Crippen LogP contribution is -2.20. The van der Waals surface area contributed by atoms with Gasteiger partial charge in [0.05, 0.1) is 10.2 Å². The summed E-state index contributed by atoms with van der Waals surface area (Å²) in [7, 11) is 0. The summed E-state index contributed by atoms with van der Waals surface area (Å²) in [6.07, 6.45) is 0. The van der Waals surface area contributed by atoms with Crippen molar-refractivity contribution >= 4 is 55.2 Å². The third-order valence-electron chi connectivity index (χ3n) is 3.78. The van der Waals surface area contributed by atoms with Gasteiger partial charge >= 0.3 is 5.63 Å². The van der Waals surface area contributed by atoms with E-state index >= 15 is 0 Å². The molecule has 0 unspecified atom stereocenters. The van der Waals surface area contributed by atoms with Crippen LogP contribution in [0, 0.1) is 6.92 Å². The molecular formula is C18H11ClN2O3S. The summed E-state index contributed by atoms with van der Waals surface area (Å²) in [6.45, 7) is 1.90. The number of hydrogen-bond acceptors (Lipinski definition) is 5. The van der Waals surface area contributed by atoms with E-state index in [0.717, 1.165) is 10.3 Å². The summed E-state index contributed by atoms with van der Waals surface area (Å²) in [5.41, 5.74) is 1.32. The molecule has 5 nitrogen and oxygen atoms in total. The number of nitrogens with one attached hydrogen (secondary N) is 1. The van der Waals surface area contributed by atoms with Crippen molar-refractivity contribution in [3.8, 4) is 0 Å². The van der Waals surface area contributed by atoms with Crippen molar-refractivity contribution in [1.29, 1.82) is 0 Å². The highest BCUT2D eigenvalue weighted by molar-refractivity contribution is 7.22. The first-order valence-corrected chi connectivity index (χ1v) is 8.61. The van der Waals surface area contributed by atoms with Crippen LogP contribution < -0.4 is 10.9 Å². The van der Waals surface area contributed by atoms with Crippen molar-refractivity contribution in [3.63, 3.8) is 0 Å². The molecular weight excluding hydrogens is 360 g/mol. The highest BCUT2D eigenvalue weighted by Crippen LogP contribution is 2.30. The Morgan fingerprint density at radius 3 is 2.88 bits per heavy atom. The summed E-state index contributed by atoms with van der Waals surface area (Å²) < 4.78 is 6.10. The van der Waals surface area contributed by atoms with Gasteiger partial charge in [-0.3, -0.25) is 10.1 Å². The van der Waals surface area contributed by atoms with Crippen molar-refractivity contribution in [2.75, 3.05) is 5.32 Å². The predicted molar refractivity (Wildman–Crippen MR) is 99.8 cm³/mol. The van der Waals surface area contributed by atoms with Crippen LogP contribution >= 0.6 is 22.9 Å². The number of aromatic nitrogens is 1. The number of carbonyl (C=O) groups excluding carboxylic acids is 1. The molecule has 0 bridgehead atoms. The Bertz CT molecular complexity index is 1160. The molecule has 4 rings (SSSR count). The van der Waals surface area contributed by atoms with E-state index < -0.39 is 11.5 Å². The van der Waals surface area contributed by atoms with Gasteiger partial charge in [-0.15, -0.1) is 0 Å². The van der Waals surface area contributed by atoms with Crippen LogP contribution in [-0.4, -0.2) is 10.9 Å². The molecule has 7 heteroatoms. The normalized spacial score (nSPS) is 11.1. The number of thiazole rings is 1.